The molecule has 1 saturated carbocycles. The summed E-state index contributed by atoms with van der Waals surface area (Å²) in [6, 6.07) is 0.754. The predicted molar refractivity (Wildman–Crippen MR) is 58.0 cm³/mol. The largest absolute Gasteiger partial charge is 0.320 e. The van der Waals surface area contributed by atoms with Crippen molar-refractivity contribution < 1.29 is 0 Å². The molecular formula is C11H24N2. The highest BCUT2D eigenvalue weighted by Gasteiger charge is 2.43. The lowest BCUT2D eigenvalue weighted by Gasteiger charge is -2.29. The Morgan fingerprint density at radius 1 is 1.46 bits per heavy atom. The molecule has 2 nitrogen and oxygen atoms in total. The summed E-state index contributed by atoms with van der Waals surface area (Å²) in [6.45, 7) is 7.13. The van der Waals surface area contributed by atoms with E-state index in [0.717, 1.165) is 12.6 Å². The predicted octanol–water partition coefficient (Wildman–Crippen LogP) is 1.72. The number of hydrogen-bond acceptors (Lipinski definition) is 2. The number of nitrogens with zero attached hydrogens (tertiary/aromatic N) is 1. The van der Waals surface area contributed by atoms with Crippen molar-refractivity contribution in [2.75, 3.05) is 27.2 Å². The lowest BCUT2D eigenvalue weighted by molar-refractivity contribution is 0.184. The van der Waals surface area contributed by atoms with Gasteiger partial charge in [0.25, 0.3) is 0 Å². The number of hydrogen-bond donors (Lipinski definition) is 1. The lowest BCUT2D eigenvalue weighted by atomic mass is 9.99. The third kappa shape index (κ3) is 2.96. The second kappa shape index (κ2) is 4.43. The molecule has 1 fully saturated rings. The molecule has 0 saturated heterocycles. The van der Waals surface area contributed by atoms with Crippen LogP contribution in [0.3, 0.4) is 0 Å². The normalized spacial score (nSPS) is 21.9. The molecule has 1 rings (SSSR count). The second-order valence-corrected chi connectivity index (χ2v) is 4.77. The van der Waals surface area contributed by atoms with Crippen molar-refractivity contribution in [2.24, 2.45) is 5.41 Å². The van der Waals surface area contributed by atoms with Crippen LogP contribution in [0.4, 0.5) is 0 Å². The van der Waals surface area contributed by atoms with E-state index in [1.54, 1.807) is 0 Å². The molecule has 1 atom stereocenters. The molecule has 0 amide bonds. The molecule has 13 heavy (non-hydrogen) atoms. The van der Waals surface area contributed by atoms with Crippen molar-refractivity contribution >= 4 is 0 Å². The highest BCUT2D eigenvalue weighted by Crippen LogP contribution is 2.49. The van der Waals surface area contributed by atoms with Crippen molar-refractivity contribution in [3.63, 3.8) is 0 Å². The molecule has 78 valence electrons. The van der Waals surface area contributed by atoms with Crippen LogP contribution in [-0.4, -0.2) is 38.1 Å². The quantitative estimate of drug-likeness (QED) is 0.632. The van der Waals surface area contributed by atoms with Crippen molar-refractivity contribution in [1.82, 2.24) is 10.2 Å². The van der Waals surface area contributed by atoms with Crippen LogP contribution in [0.1, 0.15) is 33.1 Å². The van der Waals surface area contributed by atoms with Crippen LogP contribution >= 0.6 is 0 Å². The van der Waals surface area contributed by atoms with Gasteiger partial charge in [-0.05, 0) is 58.8 Å². The van der Waals surface area contributed by atoms with Crippen molar-refractivity contribution in [3.8, 4) is 0 Å². The first-order valence-corrected chi connectivity index (χ1v) is 5.45. The Labute approximate surface area is 82.7 Å². The van der Waals surface area contributed by atoms with Crippen LogP contribution in [0, 0.1) is 5.41 Å². The van der Waals surface area contributed by atoms with Crippen LogP contribution < -0.4 is 5.32 Å². The minimum atomic E-state index is 0.633. The highest BCUT2D eigenvalue weighted by atomic mass is 15.1. The van der Waals surface area contributed by atoms with Crippen molar-refractivity contribution in [2.45, 2.75) is 39.2 Å². The zero-order chi connectivity index (χ0) is 9.90. The highest BCUT2D eigenvalue weighted by molar-refractivity contribution is 4.96. The molecule has 1 aliphatic carbocycles. The van der Waals surface area contributed by atoms with Crippen molar-refractivity contribution in [1.29, 1.82) is 0 Å². The molecule has 1 N–H and O–H groups in total. The van der Waals surface area contributed by atoms with E-state index < -0.39 is 0 Å². The Morgan fingerprint density at radius 3 is 2.54 bits per heavy atom. The minimum absolute atomic E-state index is 0.633. The first kappa shape index (κ1) is 11.0. The standard InChI is InChI=1S/C11H24N2/c1-10(11(2)6-7-11)13(4)9-5-8-12-3/h10,12H,5-9H2,1-4H3. The van der Waals surface area contributed by atoms with Gasteiger partial charge in [-0.1, -0.05) is 6.92 Å². The summed E-state index contributed by atoms with van der Waals surface area (Å²) >= 11 is 0. The van der Waals surface area contributed by atoms with E-state index in [1.165, 1.54) is 25.8 Å². The molecule has 2 heteroatoms. The first-order valence-electron chi connectivity index (χ1n) is 5.45. The van der Waals surface area contributed by atoms with E-state index in [2.05, 4.69) is 31.1 Å². The van der Waals surface area contributed by atoms with E-state index in [0.29, 0.717) is 5.41 Å². The van der Waals surface area contributed by atoms with Gasteiger partial charge in [-0.2, -0.15) is 0 Å². The summed E-state index contributed by atoms with van der Waals surface area (Å²) in [6.07, 6.45) is 4.10. The average Bonchev–Trinajstić information content (AvgIpc) is 2.84. The minimum Gasteiger partial charge on any atom is -0.320 e. The summed E-state index contributed by atoms with van der Waals surface area (Å²) < 4.78 is 0. The van der Waals surface area contributed by atoms with Crippen LogP contribution in [-0.2, 0) is 0 Å². The van der Waals surface area contributed by atoms with Crippen LogP contribution in [0.2, 0.25) is 0 Å². The molecule has 0 aromatic carbocycles. The Bertz CT molecular complexity index is 152. The molecular weight excluding hydrogens is 160 g/mol. The Hall–Kier alpha value is -0.0800. The molecule has 0 spiro atoms. The van der Waals surface area contributed by atoms with E-state index in [9.17, 15) is 0 Å². The maximum atomic E-state index is 3.19. The second-order valence-electron chi connectivity index (χ2n) is 4.77. The van der Waals surface area contributed by atoms with Gasteiger partial charge in [0.2, 0.25) is 0 Å². The van der Waals surface area contributed by atoms with Gasteiger partial charge < -0.3 is 10.2 Å². The van der Waals surface area contributed by atoms with Crippen LogP contribution in [0.15, 0.2) is 0 Å². The maximum absolute atomic E-state index is 3.19. The Balaban J connectivity index is 2.18. The van der Waals surface area contributed by atoms with E-state index in [4.69, 9.17) is 0 Å². The molecule has 0 radical (unpaired) electrons. The van der Waals surface area contributed by atoms with Crippen LogP contribution in [0.25, 0.3) is 0 Å². The third-order valence-electron chi connectivity index (χ3n) is 3.65. The fraction of sp³-hybridized carbons (Fsp3) is 1.00. The van der Waals surface area contributed by atoms with E-state index in [-0.39, 0.29) is 0 Å². The average molecular weight is 184 g/mol. The summed E-state index contributed by atoms with van der Waals surface area (Å²) in [7, 11) is 4.27. The zero-order valence-electron chi connectivity index (χ0n) is 9.56. The Kier molecular flexibility index (Phi) is 3.74. The smallest absolute Gasteiger partial charge is 0.0118 e. The fourth-order valence-electron chi connectivity index (χ4n) is 1.85. The van der Waals surface area contributed by atoms with Gasteiger partial charge in [0, 0.05) is 6.04 Å². The molecule has 1 unspecified atom stereocenters. The molecule has 1 aliphatic rings. The molecule has 0 aromatic heterocycles. The van der Waals surface area contributed by atoms with Gasteiger partial charge in [-0.15, -0.1) is 0 Å². The van der Waals surface area contributed by atoms with E-state index in [1.807, 2.05) is 7.05 Å². The zero-order valence-corrected chi connectivity index (χ0v) is 9.56. The maximum Gasteiger partial charge on any atom is 0.0118 e. The van der Waals surface area contributed by atoms with Crippen molar-refractivity contribution in [3.05, 3.63) is 0 Å². The number of rotatable bonds is 6. The summed E-state index contributed by atoms with van der Waals surface area (Å²) in [5.41, 5.74) is 0.633. The number of nitrogens with one attached hydrogen (secondary N) is 1. The fourth-order valence-corrected chi connectivity index (χ4v) is 1.85. The van der Waals surface area contributed by atoms with Gasteiger partial charge in [0.1, 0.15) is 0 Å². The third-order valence-corrected chi connectivity index (χ3v) is 3.65. The summed E-state index contributed by atoms with van der Waals surface area (Å²) in [5.74, 6) is 0. The van der Waals surface area contributed by atoms with Crippen LogP contribution in [0.5, 0.6) is 0 Å². The van der Waals surface area contributed by atoms with Gasteiger partial charge in [0.15, 0.2) is 0 Å². The molecule has 0 heterocycles. The first-order chi connectivity index (χ1) is 6.10. The SMILES string of the molecule is CNCCCN(C)C(C)C1(C)CC1. The van der Waals surface area contributed by atoms with Gasteiger partial charge in [-0.25, -0.2) is 0 Å². The van der Waals surface area contributed by atoms with Gasteiger partial charge in [-0.3, -0.25) is 0 Å². The molecule has 0 bridgehead atoms. The summed E-state index contributed by atoms with van der Waals surface area (Å²) in [4.78, 5) is 2.50. The lowest BCUT2D eigenvalue weighted by Crippen LogP contribution is -2.36. The van der Waals surface area contributed by atoms with Gasteiger partial charge >= 0.3 is 0 Å². The topological polar surface area (TPSA) is 15.3 Å². The summed E-state index contributed by atoms with van der Waals surface area (Å²) in [5, 5.41) is 3.19. The van der Waals surface area contributed by atoms with E-state index >= 15 is 0 Å². The Morgan fingerprint density at radius 2 is 2.08 bits per heavy atom. The molecule has 0 aromatic rings. The molecule has 0 aliphatic heterocycles. The van der Waals surface area contributed by atoms with Gasteiger partial charge in [0.05, 0.1) is 0 Å². The monoisotopic (exact) mass is 184 g/mol.